The summed E-state index contributed by atoms with van der Waals surface area (Å²) >= 11 is 3.66. The van der Waals surface area contributed by atoms with Gasteiger partial charge in [0.1, 0.15) is 5.75 Å². The van der Waals surface area contributed by atoms with Gasteiger partial charge in [-0.2, -0.15) is 0 Å². The van der Waals surface area contributed by atoms with E-state index in [4.69, 9.17) is 0 Å². The number of anilines is 5. The number of nitrogens with one attached hydrogen (secondary N) is 3. The minimum atomic E-state index is -0.124. The van der Waals surface area contributed by atoms with E-state index in [9.17, 15) is 5.11 Å². The summed E-state index contributed by atoms with van der Waals surface area (Å²) in [7, 11) is 0. The Kier molecular flexibility index (Phi) is 12.6. The van der Waals surface area contributed by atoms with Crippen LogP contribution in [0.5, 0.6) is 5.75 Å². The van der Waals surface area contributed by atoms with Gasteiger partial charge in [-0.3, -0.25) is 0 Å². The van der Waals surface area contributed by atoms with Crippen molar-refractivity contribution in [2.45, 2.75) is 61.7 Å². The maximum Gasteiger partial charge on any atom is 0.132 e. The number of para-hydroxylation sites is 2. The van der Waals surface area contributed by atoms with E-state index in [2.05, 4.69) is 122 Å². The molecule has 6 heteroatoms. The van der Waals surface area contributed by atoms with Crippen molar-refractivity contribution in [2.24, 2.45) is 0 Å². The van der Waals surface area contributed by atoms with E-state index in [1.807, 2.05) is 48.2 Å². The quantitative estimate of drug-likeness (QED) is 0.0624. The lowest BCUT2D eigenvalue weighted by Crippen LogP contribution is -2.12. The van der Waals surface area contributed by atoms with Gasteiger partial charge in [-0.1, -0.05) is 69.3 Å². The van der Waals surface area contributed by atoms with Gasteiger partial charge in [0.15, 0.2) is 0 Å². The van der Waals surface area contributed by atoms with Crippen LogP contribution >= 0.6 is 23.5 Å². The Morgan fingerprint density at radius 2 is 1.11 bits per heavy atom. The maximum absolute atomic E-state index is 11.2. The summed E-state index contributed by atoms with van der Waals surface area (Å²) < 4.78 is 0. The largest absolute Gasteiger partial charge is 0.506 e. The van der Waals surface area contributed by atoms with E-state index < -0.39 is 0 Å². The van der Waals surface area contributed by atoms with Gasteiger partial charge in [0.05, 0.1) is 4.90 Å². The summed E-state index contributed by atoms with van der Waals surface area (Å²) in [5, 5.41) is 21.6. The number of rotatable bonds is 16. The first-order chi connectivity index (χ1) is 22.8. The minimum absolute atomic E-state index is 0.124. The first-order valence-electron chi connectivity index (χ1n) is 16.5. The van der Waals surface area contributed by atoms with Gasteiger partial charge in [0, 0.05) is 45.4 Å². The predicted molar refractivity (Wildman–Crippen MR) is 207 cm³/mol. The fourth-order valence-corrected chi connectivity index (χ4v) is 7.29. The molecule has 244 valence electrons. The fourth-order valence-electron chi connectivity index (χ4n) is 5.26. The van der Waals surface area contributed by atoms with Crippen LogP contribution in [0.2, 0.25) is 0 Å². The van der Waals surface area contributed by atoms with Gasteiger partial charge >= 0.3 is 0 Å². The lowest BCUT2D eigenvalue weighted by Gasteiger charge is -2.23. The van der Waals surface area contributed by atoms with E-state index in [-0.39, 0.29) is 5.41 Å². The number of phenols is 1. The SMILES string of the molecule is CC(C)(C)c1cc(SCCCNc2ccc(Nc3ccccc3)cc2)cc(SCCCCc2ccc(Nc3ccccc3)cc2)c1O. The number of aryl methyl sites for hydroxylation is 1. The molecule has 4 nitrogen and oxygen atoms in total. The fraction of sp³-hybridized carbons (Fsp3) is 0.268. The Morgan fingerprint density at radius 1 is 0.574 bits per heavy atom. The van der Waals surface area contributed by atoms with Crippen molar-refractivity contribution in [1.29, 1.82) is 0 Å². The smallest absolute Gasteiger partial charge is 0.132 e. The van der Waals surface area contributed by atoms with Crippen molar-refractivity contribution >= 4 is 52.0 Å². The van der Waals surface area contributed by atoms with Crippen LogP contribution in [0.1, 0.15) is 51.2 Å². The molecule has 0 spiro atoms. The number of hydrogen-bond acceptors (Lipinski definition) is 6. The lowest BCUT2D eigenvalue weighted by molar-refractivity contribution is 0.433. The first kappa shape index (κ1) is 34.3. The predicted octanol–water partition coefficient (Wildman–Crippen LogP) is 11.9. The summed E-state index contributed by atoms with van der Waals surface area (Å²) in [6, 6.07) is 42.1. The summed E-state index contributed by atoms with van der Waals surface area (Å²) in [6.07, 6.45) is 4.33. The van der Waals surface area contributed by atoms with Crippen molar-refractivity contribution < 1.29 is 5.11 Å². The molecule has 0 aromatic heterocycles. The first-order valence-corrected chi connectivity index (χ1v) is 18.5. The van der Waals surface area contributed by atoms with Crippen molar-refractivity contribution in [3.05, 3.63) is 132 Å². The van der Waals surface area contributed by atoms with E-state index >= 15 is 0 Å². The highest BCUT2D eigenvalue weighted by molar-refractivity contribution is 8.00. The second-order valence-electron chi connectivity index (χ2n) is 12.8. The average Bonchev–Trinajstić information content (AvgIpc) is 3.07. The molecule has 5 aromatic rings. The van der Waals surface area contributed by atoms with Gasteiger partial charge in [-0.05, 0) is 121 Å². The van der Waals surface area contributed by atoms with Crippen LogP contribution in [0, 0.1) is 0 Å². The number of hydrogen-bond donors (Lipinski definition) is 4. The molecule has 0 aliphatic heterocycles. The molecule has 0 atom stereocenters. The minimum Gasteiger partial charge on any atom is -0.506 e. The molecule has 0 heterocycles. The summed E-state index contributed by atoms with van der Waals surface area (Å²) in [5.74, 6) is 2.45. The highest BCUT2D eigenvalue weighted by Crippen LogP contribution is 2.41. The molecule has 0 fully saturated rings. The number of phenolic OH excluding ortho intramolecular Hbond substituents is 1. The summed E-state index contributed by atoms with van der Waals surface area (Å²) in [5.41, 5.74) is 7.76. The van der Waals surface area contributed by atoms with Crippen molar-refractivity contribution in [1.82, 2.24) is 0 Å². The molecule has 0 unspecified atom stereocenters. The van der Waals surface area contributed by atoms with Crippen LogP contribution in [0.15, 0.2) is 131 Å². The normalized spacial score (nSPS) is 11.3. The second kappa shape index (κ2) is 17.2. The van der Waals surface area contributed by atoms with E-state index in [1.165, 1.54) is 10.5 Å². The molecule has 0 radical (unpaired) electrons. The molecular formula is C41H47N3OS2. The molecule has 4 N–H and O–H groups in total. The van der Waals surface area contributed by atoms with Gasteiger partial charge in [-0.25, -0.2) is 0 Å². The Bertz CT molecular complexity index is 1650. The van der Waals surface area contributed by atoms with Crippen molar-refractivity contribution in [3.8, 4) is 5.75 Å². The van der Waals surface area contributed by atoms with Crippen LogP contribution in [-0.2, 0) is 11.8 Å². The number of unbranched alkanes of at least 4 members (excludes halogenated alkanes) is 1. The van der Waals surface area contributed by atoms with Gasteiger partial charge in [-0.15, -0.1) is 23.5 Å². The maximum atomic E-state index is 11.2. The van der Waals surface area contributed by atoms with Crippen LogP contribution in [-0.4, -0.2) is 23.2 Å². The number of benzene rings is 5. The average molecular weight is 662 g/mol. The zero-order valence-corrected chi connectivity index (χ0v) is 29.4. The molecule has 47 heavy (non-hydrogen) atoms. The van der Waals surface area contributed by atoms with Crippen LogP contribution in [0.4, 0.5) is 28.4 Å². The van der Waals surface area contributed by atoms with Gasteiger partial charge in [0.2, 0.25) is 0 Å². The summed E-state index contributed by atoms with van der Waals surface area (Å²) in [4.78, 5) is 2.23. The topological polar surface area (TPSA) is 56.3 Å². The number of thioether (sulfide) groups is 2. The Labute approximate surface area is 289 Å². The molecule has 0 amide bonds. The third-order valence-corrected chi connectivity index (χ3v) is 10.0. The molecule has 0 aliphatic rings. The molecule has 0 saturated carbocycles. The van der Waals surface area contributed by atoms with Crippen LogP contribution < -0.4 is 16.0 Å². The van der Waals surface area contributed by atoms with E-state index in [0.717, 1.165) is 82.6 Å². The van der Waals surface area contributed by atoms with Crippen LogP contribution in [0.3, 0.4) is 0 Å². The molecule has 0 aliphatic carbocycles. The van der Waals surface area contributed by atoms with Crippen LogP contribution in [0.25, 0.3) is 0 Å². The zero-order chi connectivity index (χ0) is 32.9. The second-order valence-corrected chi connectivity index (χ2v) is 15.1. The van der Waals surface area contributed by atoms with Crippen molar-refractivity contribution in [2.75, 3.05) is 34.0 Å². The van der Waals surface area contributed by atoms with E-state index in [0.29, 0.717) is 5.75 Å². The third kappa shape index (κ3) is 11.0. The van der Waals surface area contributed by atoms with E-state index in [1.54, 1.807) is 11.8 Å². The molecule has 5 rings (SSSR count). The Morgan fingerprint density at radius 3 is 1.70 bits per heavy atom. The Hall–Kier alpha value is -4.00. The standard InChI is InChI=1S/C41H47N3OS2/c1-41(2,3)38-29-37(46-28-12-26-42-32-22-24-36(25-23-32)44-34-16-8-5-9-17-34)30-39(40(38)45)47-27-11-10-13-31-18-20-35(21-19-31)43-33-14-6-4-7-15-33/h4-9,14-25,29-30,42-45H,10-13,26-28H2,1-3H3. The lowest BCUT2D eigenvalue weighted by atomic mass is 9.86. The molecule has 0 saturated heterocycles. The van der Waals surface area contributed by atoms with Gasteiger partial charge in [0.25, 0.3) is 0 Å². The van der Waals surface area contributed by atoms with Crippen molar-refractivity contribution in [3.63, 3.8) is 0 Å². The highest BCUT2D eigenvalue weighted by Gasteiger charge is 2.21. The molecule has 0 bridgehead atoms. The Balaban J connectivity index is 1.05. The highest BCUT2D eigenvalue weighted by atomic mass is 32.2. The molecule has 5 aromatic carbocycles. The third-order valence-electron chi connectivity index (χ3n) is 7.86. The summed E-state index contributed by atoms with van der Waals surface area (Å²) in [6.45, 7) is 7.44. The molecular weight excluding hydrogens is 615 g/mol. The number of aromatic hydroxyl groups is 1. The monoisotopic (exact) mass is 661 g/mol. The van der Waals surface area contributed by atoms with Gasteiger partial charge < -0.3 is 21.1 Å². The zero-order valence-electron chi connectivity index (χ0n) is 27.8.